The molecule has 0 saturated carbocycles. The maximum absolute atomic E-state index is 13.4. The molecule has 0 aliphatic rings. The number of hydrogen-bond donors (Lipinski definition) is 1. The Morgan fingerprint density at radius 3 is 2.55 bits per heavy atom. The van der Waals surface area contributed by atoms with E-state index in [1.807, 2.05) is 5.32 Å². The standard InChI is InChI=1S/C11H7F4N3O2/c1-5-17-18-10(20-5)16-9(19)7-4-6(11(13,14)15)2-3-8(7)12/h2-4H,1H3,(H,16,18,19). The Balaban J connectivity index is 2.29. The summed E-state index contributed by atoms with van der Waals surface area (Å²) in [5.41, 5.74) is -1.90. The van der Waals surface area contributed by atoms with Gasteiger partial charge in [-0.05, 0) is 18.2 Å². The second kappa shape index (κ2) is 4.91. The third-order valence-electron chi connectivity index (χ3n) is 2.28. The molecule has 0 atom stereocenters. The van der Waals surface area contributed by atoms with Gasteiger partial charge in [-0.25, -0.2) is 4.39 Å². The number of nitrogens with one attached hydrogen (secondary N) is 1. The number of amides is 1. The fraction of sp³-hybridized carbons (Fsp3) is 0.182. The van der Waals surface area contributed by atoms with E-state index in [2.05, 4.69) is 10.2 Å². The molecule has 20 heavy (non-hydrogen) atoms. The zero-order valence-corrected chi connectivity index (χ0v) is 9.95. The van der Waals surface area contributed by atoms with Crippen LogP contribution in [0.25, 0.3) is 0 Å². The Labute approximate surface area is 109 Å². The topological polar surface area (TPSA) is 68.0 Å². The summed E-state index contributed by atoms with van der Waals surface area (Å²) in [4.78, 5) is 11.7. The van der Waals surface area contributed by atoms with Crippen LogP contribution in [0.1, 0.15) is 21.8 Å². The van der Waals surface area contributed by atoms with Crippen molar-refractivity contribution < 1.29 is 26.8 Å². The van der Waals surface area contributed by atoms with E-state index in [1.54, 1.807) is 0 Å². The molecule has 2 aromatic rings. The number of carbonyl (C=O) groups is 1. The lowest BCUT2D eigenvalue weighted by Crippen LogP contribution is -2.16. The Kier molecular flexibility index (Phi) is 3.43. The van der Waals surface area contributed by atoms with Crippen molar-refractivity contribution in [3.8, 4) is 0 Å². The van der Waals surface area contributed by atoms with Gasteiger partial charge in [-0.1, -0.05) is 5.10 Å². The first-order valence-corrected chi connectivity index (χ1v) is 5.25. The first kappa shape index (κ1) is 14.0. The zero-order valence-electron chi connectivity index (χ0n) is 9.95. The number of hydrogen-bond acceptors (Lipinski definition) is 4. The number of anilines is 1. The Morgan fingerprint density at radius 1 is 1.30 bits per heavy atom. The molecule has 0 fully saturated rings. The molecule has 0 unspecified atom stereocenters. The molecule has 1 heterocycles. The number of rotatable bonds is 2. The van der Waals surface area contributed by atoms with Gasteiger partial charge in [0.05, 0.1) is 11.1 Å². The average molecular weight is 289 g/mol. The summed E-state index contributed by atoms with van der Waals surface area (Å²) in [6.07, 6.45) is -4.68. The molecular weight excluding hydrogens is 282 g/mol. The predicted octanol–water partition coefficient (Wildman–Crippen LogP) is 2.79. The summed E-state index contributed by atoms with van der Waals surface area (Å²) in [6, 6.07) is 1.19. The largest absolute Gasteiger partial charge is 0.416 e. The Bertz CT molecular complexity index is 651. The summed E-state index contributed by atoms with van der Waals surface area (Å²) in [6.45, 7) is 1.45. The molecule has 1 amide bonds. The maximum Gasteiger partial charge on any atom is 0.416 e. The highest BCUT2D eigenvalue weighted by Crippen LogP contribution is 2.30. The highest BCUT2D eigenvalue weighted by molar-refractivity contribution is 6.03. The first-order chi connectivity index (χ1) is 9.27. The lowest BCUT2D eigenvalue weighted by Gasteiger charge is -2.09. The van der Waals surface area contributed by atoms with Crippen molar-refractivity contribution in [2.45, 2.75) is 13.1 Å². The summed E-state index contributed by atoms with van der Waals surface area (Å²) in [7, 11) is 0. The molecule has 2 rings (SSSR count). The van der Waals surface area contributed by atoms with Crippen molar-refractivity contribution in [3.63, 3.8) is 0 Å². The van der Waals surface area contributed by atoms with Gasteiger partial charge in [0.15, 0.2) is 0 Å². The van der Waals surface area contributed by atoms with E-state index in [1.165, 1.54) is 6.92 Å². The van der Waals surface area contributed by atoms with Crippen LogP contribution in [0.5, 0.6) is 0 Å². The van der Waals surface area contributed by atoms with Crippen LogP contribution in [-0.2, 0) is 6.18 Å². The van der Waals surface area contributed by atoms with Crippen LogP contribution in [0.2, 0.25) is 0 Å². The van der Waals surface area contributed by atoms with Crippen LogP contribution in [-0.4, -0.2) is 16.1 Å². The summed E-state index contributed by atoms with van der Waals surface area (Å²) in [5, 5.41) is 8.84. The van der Waals surface area contributed by atoms with Gasteiger partial charge in [0.25, 0.3) is 5.91 Å². The lowest BCUT2D eigenvalue weighted by molar-refractivity contribution is -0.137. The van der Waals surface area contributed by atoms with E-state index in [0.29, 0.717) is 18.2 Å². The maximum atomic E-state index is 13.4. The van der Waals surface area contributed by atoms with Gasteiger partial charge in [-0.2, -0.15) is 13.2 Å². The van der Waals surface area contributed by atoms with Crippen molar-refractivity contribution in [2.75, 3.05) is 5.32 Å². The average Bonchev–Trinajstić information content (AvgIpc) is 2.73. The van der Waals surface area contributed by atoms with E-state index < -0.39 is 29.0 Å². The minimum atomic E-state index is -4.68. The summed E-state index contributed by atoms with van der Waals surface area (Å²) < 4.78 is 55.7. The molecule has 0 saturated heterocycles. The number of halogens is 4. The molecule has 106 valence electrons. The molecule has 1 N–H and O–H groups in total. The monoisotopic (exact) mass is 289 g/mol. The molecule has 1 aromatic carbocycles. The van der Waals surface area contributed by atoms with Gasteiger partial charge in [0, 0.05) is 6.92 Å². The van der Waals surface area contributed by atoms with Gasteiger partial charge in [-0.15, -0.1) is 5.10 Å². The van der Waals surface area contributed by atoms with Gasteiger partial charge in [0.2, 0.25) is 5.89 Å². The minimum absolute atomic E-state index is 0.143. The molecule has 0 bridgehead atoms. The van der Waals surface area contributed by atoms with Crippen LogP contribution < -0.4 is 5.32 Å². The van der Waals surface area contributed by atoms with Crippen molar-refractivity contribution in [3.05, 3.63) is 41.0 Å². The fourth-order valence-electron chi connectivity index (χ4n) is 1.39. The third-order valence-corrected chi connectivity index (χ3v) is 2.28. The van der Waals surface area contributed by atoms with Crippen LogP contribution in [0.15, 0.2) is 22.6 Å². The quantitative estimate of drug-likeness (QED) is 0.863. The highest BCUT2D eigenvalue weighted by atomic mass is 19.4. The van der Waals surface area contributed by atoms with E-state index >= 15 is 0 Å². The SMILES string of the molecule is Cc1nnc(NC(=O)c2cc(C(F)(F)F)ccc2F)o1. The number of alkyl halides is 3. The molecule has 9 heteroatoms. The molecular formula is C11H7F4N3O2. The van der Waals surface area contributed by atoms with Crippen LogP contribution in [0, 0.1) is 12.7 Å². The molecule has 0 aliphatic heterocycles. The van der Waals surface area contributed by atoms with Gasteiger partial charge in [0.1, 0.15) is 5.82 Å². The molecule has 5 nitrogen and oxygen atoms in total. The summed E-state index contributed by atoms with van der Waals surface area (Å²) in [5.74, 6) is -2.06. The summed E-state index contributed by atoms with van der Waals surface area (Å²) >= 11 is 0. The number of nitrogens with zero attached hydrogens (tertiary/aromatic N) is 2. The second-order valence-corrected chi connectivity index (χ2v) is 3.77. The number of benzene rings is 1. The Morgan fingerprint density at radius 2 is 2.00 bits per heavy atom. The smallest absolute Gasteiger partial charge is 0.408 e. The van der Waals surface area contributed by atoms with Crippen LogP contribution in [0.3, 0.4) is 0 Å². The molecule has 0 radical (unpaired) electrons. The van der Waals surface area contributed by atoms with E-state index in [9.17, 15) is 22.4 Å². The molecule has 0 spiro atoms. The van der Waals surface area contributed by atoms with E-state index in [0.717, 1.165) is 0 Å². The van der Waals surface area contributed by atoms with Crippen molar-refractivity contribution in [2.24, 2.45) is 0 Å². The molecule has 0 aliphatic carbocycles. The normalized spacial score (nSPS) is 11.4. The first-order valence-electron chi connectivity index (χ1n) is 5.25. The third kappa shape index (κ3) is 2.92. The molecule has 1 aromatic heterocycles. The van der Waals surface area contributed by atoms with Crippen LogP contribution in [0.4, 0.5) is 23.6 Å². The predicted molar refractivity (Wildman–Crippen MR) is 58.4 cm³/mol. The lowest BCUT2D eigenvalue weighted by atomic mass is 10.1. The van der Waals surface area contributed by atoms with Crippen molar-refractivity contribution >= 4 is 11.9 Å². The van der Waals surface area contributed by atoms with E-state index in [4.69, 9.17) is 4.42 Å². The minimum Gasteiger partial charge on any atom is -0.408 e. The van der Waals surface area contributed by atoms with Crippen molar-refractivity contribution in [1.29, 1.82) is 0 Å². The fourth-order valence-corrected chi connectivity index (χ4v) is 1.39. The number of carbonyl (C=O) groups excluding carboxylic acids is 1. The van der Waals surface area contributed by atoms with Gasteiger partial charge in [-0.3, -0.25) is 10.1 Å². The highest BCUT2D eigenvalue weighted by Gasteiger charge is 2.32. The zero-order chi connectivity index (χ0) is 14.9. The van der Waals surface area contributed by atoms with Crippen molar-refractivity contribution in [1.82, 2.24) is 10.2 Å². The number of aromatic nitrogens is 2. The van der Waals surface area contributed by atoms with E-state index in [-0.39, 0.29) is 11.9 Å². The van der Waals surface area contributed by atoms with Gasteiger partial charge < -0.3 is 4.42 Å². The second-order valence-electron chi connectivity index (χ2n) is 3.77. The Hall–Kier alpha value is -2.45. The van der Waals surface area contributed by atoms with Gasteiger partial charge >= 0.3 is 12.2 Å². The van der Waals surface area contributed by atoms with Crippen LogP contribution >= 0.6 is 0 Å². The number of aryl methyl sites for hydroxylation is 1.